The SMILES string of the molecule is CC1CN(C(=O)CCCOc2ccccc2F)CCN1.Cl. The Morgan fingerprint density at radius 3 is 2.95 bits per heavy atom. The van der Waals surface area contributed by atoms with Gasteiger partial charge in [-0.25, -0.2) is 4.39 Å². The van der Waals surface area contributed by atoms with E-state index in [1.165, 1.54) is 6.07 Å². The van der Waals surface area contributed by atoms with Crippen LogP contribution in [0.1, 0.15) is 19.8 Å². The van der Waals surface area contributed by atoms with Crippen molar-refractivity contribution >= 4 is 18.3 Å². The van der Waals surface area contributed by atoms with Gasteiger partial charge in [0.1, 0.15) is 0 Å². The van der Waals surface area contributed by atoms with Gasteiger partial charge in [0.2, 0.25) is 5.91 Å². The molecule has 0 saturated carbocycles. The minimum atomic E-state index is -0.366. The van der Waals surface area contributed by atoms with E-state index < -0.39 is 0 Å². The first-order valence-corrected chi connectivity index (χ1v) is 7.05. The zero-order chi connectivity index (χ0) is 14.4. The molecule has 1 atom stereocenters. The Labute approximate surface area is 131 Å². The molecule has 1 heterocycles. The van der Waals surface area contributed by atoms with Crippen LogP contribution in [0, 0.1) is 5.82 Å². The van der Waals surface area contributed by atoms with Gasteiger partial charge >= 0.3 is 0 Å². The number of para-hydroxylation sites is 1. The minimum absolute atomic E-state index is 0. The smallest absolute Gasteiger partial charge is 0.222 e. The fourth-order valence-electron chi connectivity index (χ4n) is 2.28. The first-order chi connectivity index (χ1) is 9.66. The summed E-state index contributed by atoms with van der Waals surface area (Å²) in [6.45, 7) is 4.79. The molecule has 0 radical (unpaired) electrons. The second-order valence-corrected chi connectivity index (χ2v) is 5.08. The number of carbonyl (C=O) groups excluding carboxylic acids is 1. The molecule has 1 aromatic carbocycles. The highest BCUT2D eigenvalue weighted by Crippen LogP contribution is 2.15. The number of carbonyl (C=O) groups is 1. The Morgan fingerprint density at radius 1 is 1.48 bits per heavy atom. The fraction of sp³-hybridized carbons (Fsp3) is 0.533. The summed E-state index contributed by atoms with van der Waals surface area (Å²) in [6.07, 6.45) is 1.05. The number of piperazine rings is 1. The van der Waals surface area contributed by atoms with Crippen LogP contribution in [-0.2, 0) is 4.79 Å². The first-order valence-electron chi connectivity index (χ1n) is 7.05. The average molecular weight is 317 g/mol. The highest BCUT2D eigenvalue weighted by Gasteiger charge is 2.19. The standard InChI is InChI=1S/C15H21FN2O2.ClH/c1-12-11-18(9-8-17-12)15(19)7-4-10-20-14-6-3-2-5-13(14)16;/h2-3,5-6,12,17H,4,7-11H2,1H3;1H. The van der Waals surface area contributed by atoms with Crippen molar-refractivity contribution in [1.82, 2.24) is 10.2 Å². The largest absolute Gasteiger partial charge is 0.491 e. The van der Waals surface area contributed by atoms with Gasteiger partial charge in [0.05, 0.1) is 6.61 Å². The van der Waals surface area contributed by atoms with Crippen molar-refractivity contribution < 1.29 is 13.9 Å². The number of ether oxygens (including phenoxy) is 1. The minimum Gasteiger partial charge on any atom is -0.491 e. The molecule has 0 aliphatic carbocycles. The predicted molar refractivity (Wildman–Crippen MR) is 82.4 cm³/mol. The van der Waals surface area contributed by atoms with Crippen molar-refractivity contribution in [3.63, 3.8) is 0 Å². The summed E-state index contributed by atoms with van der Waals surface area (Å²) in [4.78, 5) is 13.9. The Bertz CT molecular complexity index is 459. The molecule has 21 heavy (non-hydrogen) atoms. The van der Waals surface area contributed by atoms with Crippen LogP contribution >= 0.6 is 12.4 Å². The lowest BCUT2D eigenvalue weighted by Crippen LogP contribution is -2.51. The number of halogens is 2. The third-order valence-electron chi connectivity index (χ3n) is 3.35. The van der Waals surface area contributed by atoms with Crippen LogP contribution in [0.2, 0.25) is 0 Å². The van der Waals surface area contributed by atoms with Crippen molar-refractivity contribution in [3.05, 3.63) is 30.1 Å². The second-order valence-electron chi connectivity index (χ2n) is 5.08. The van der Waals surface area contributed by atoms with Crippen molar-refractivity contribution in [2.24, 2.45) is 0 Å². The van der Waals surface area contributed by atoms with Crippen molar-refractivity contribution in [1.29, 1.82) is 0 Å². The molecule has 6 heteroatoms. The molecule has 0 bridgehead atoms. The van der Waals surface area contributed by atoms with Gasteiger partial charge in [0, 0.05) is 32.1 Å². The summed E-state index contributed by atoms with van der Waals surface area (Å²) in [6, 6.07) is 6.66. The molecule has 2 rings (SSSR count). The van der Waals surface area contributed by atoms with Gasteiger partial charge in [-0.1, -0.05) is 12.1 Å². The number of nitrogens with one attached hydrogen (secondary N) is 1. The number of benzene rings is 1. The Kier molecular flexibility index (Phi) is 7.47. The second kappa shape index (κ2) is 8.85. The molecular weight excluding hydrogens is 295 g/mol. The molecule has 1 N–H and O–H groups in total. The number of hydrogen-bond donors (Lipinski definition) is 1. The van der Waals surface area contributed by atoms with Crippen LogP contribution < -0.4 is 10.1 Å². The van der Waals surface area contributed by atoms with E-state index in [1.54, 1.807) is 18.2 Å². The van der Waals surface area contributed by atoms with E-state index in [-0.39, 0.29) is 29.9 Å². The monoisotopic (exact) mass is 316 g/mol. The Hall–Kier alpha value is -1.33. The molecule has 0 spiro atoms. The normalized spacial score (nSPS) is 18.0. The summed E-state index contributed by atoms with van der Waals surface area (Å²) < 4.78 is 18.6. The summed E-state index contributed by atoms with van der Waals surface area (Å²) in [5.41, 5.74) is 0. The molecule has 1 aromatic rings. The zero-order valence-corrected chi connectivity index (χ0v) is 13.0. The quantitative estimate of drug-likeness (QED) is 0.847. The van der Waals surface area contributed by atoms with Crippen molar-refractivity contribution in [3.8, 4) is 5.75 Å². The summed E-state index contributed by atoms with van der Waals surface area (Å²) in [5, 5.41) is 3.30. The van der Waals surface area contributed by atoms with Crippen LogP contribution in [0.15, 0.2) is 24.3 Å². The van der Waals surface area contributed by atoms with Crippen LogP contribution in [0.25, 0.3) is 0 Å². The highest BCUT2D eigenvalue weighted by molar-refractivity contribution is 5.85. The Balaban J connectivity index is 0.00000220. The van der Waals surface area contributed by atoms with E-state index in [0.717, 1.165) is 19.6 Å². The van der Waals surface area contributed by atoms with E-state index in [0.29, 0.717) is 25.5 Å². The number of rotatable bonds is 5. The molecule has 1 amide bonds. The number of nitrogens with zero attached hydrogens (tertiary/aromatic N) is 1. The maximum atomic E-state index is 13.3. The molecule has 118 valence electrons. The summed E-state index contributed by atoms with van der Waals surface area (Å²) in [7, 11) is 0. The van der Waals surface area contributed by atoms with Crippen LogP contribution in [-0.4, -0.2) is 43.1 Å². The maximum Gasteiger partial charge on any atom is 0.222 e. The molecular formula is C15H22ClFN2O2. The first kappa shape index (κ1) is 17.7. The maximum absolute atomic E-state index is 13.3. The van der Waals surface area contributed by atoms with Gasteiger partial charge in [-0.2, -0.15) is 0 Å². The van der Waals surface area contributed by atoms with Crippen LogP contribution in [0.5, 0.6) is 5.75 Å². The summed E-state index contributed by atoms with van der Waals surface area (Å²) in [5.74, 6) is 0.0287. The van der Waals surface area contributed by atoms with E-state index in [1.807, 2.05) is 4.90 Å². The third-order valence-corrected chi connectivity index (χ3v) is 3.35. The lowest BCUT2D eigenvalue weighted by Gasteiger charge is -2.32. The molecule has 1 unspecified atom stereocenters. The fourth-order valence-corrected chi connectivity index (χ4v) is 2.28. The molecule has 1 aliphatic rings. The van der Waals surface area contributed by atoms with E-state index >= 15 is 0 Å². The van der Waals surface area contributed by atoms with Crippen LogP contribution in [0.4, 0.5) is 4.39 Å². The summed E-state index contributed by atoms with van der Waals surface area (Å²) >= 11 is 0. The van der Waals surface area contributed by atoms with Gasteiger partial charge in [-0.15, -0.1) is 12.4 Å². The lowest BCUT2D eigenvalue weighted by atomic mass is 10.2. The number of hydrogen-bond acceptors (Lipinski definition) is 3. The molecule has 1 fully saturated rings. The van der Waals surface area contributed by atoms with Gasteiger partial charge in [0.25, 0.3) is 0 Å². The van der Waals surface area contributed by atoms with E-state index in [2.05, 4.69) is 12.2 Å². The van der Waals surface area contributed by atoms with Crippen molar-refractivity contribution in [2.75, 3.05) is 26.2 Å². The topological polar surface area (TPSA) is 41.6 Å². The zero-order valence-electron chi connectivity index (χ0n) is 12.2. The highest BCUT2D eigenvalue weighted by atomic mass is 35.5. The van der Waals surface area contributed by atoms with Gasteiger partial charge in [0.15, 0.2) is 11.6 Å². The average Bonchev–Trinajstić information content (AvgIpc) is 2.45. The molecule has 1 saturated heterocycles. The van der Waals surface area contributed by atoms with Gasteiger partial charge < -0.3 is 15.0 Å². The van der Waals surface area contributed by atoms with Crippen molar-refractivity contribution in [2.45, 2.75) is 25.8 Å². The lowest BCUT2D eigenvalue weighted by molar-refractivity contribution is -0.132. The Morgan fingerprint density at radius 2 is 2.24 bits per heavy atom. The van der Waals surface area contributed by atoms with E-state index in [4.69, 9.17) is 4.74 Å². The molecule has 0 aromatic heterocycles. The van der Waals surface area contributed by atoms with Crippen LogP contribution in [0.3, 0.4) is 0 Å². The predicted octanol–water partition coefficient (Wildman–Crippen LogP) is 2.23. The third kappa shape index (κ3) is 5.52. The number of amides is 1. The van der Waals surface area contributed by atoms with Gasteiger partial charge in [-0.3, -0.25) is 4.79 Å². The molecule has 1 aliphatic heterocycles. The van der Waals surface area contributed by atoms with E-state index in [9.17, 15) is 9.18 Å². The molecule has 4 nitrogen and oxygen atoms in total. The van der Waals surface area contributed by atoms with Gasteiger partial charge in [-0.05, 0) is 25.5 Å².